The minimum absolute atomic E-state index is 0. The molecule has 0 aliphatic rings. The molecule has 3 rings (SSSR count). The summed E-state index contributed by atoms with van der Waals surface area (Å²) >= 11 is 0. The van der Waals surface area contributed by atoms with Gasteiger partial charge in [0.25, 0.3) is 5.65 Å². The Morgan fingerprint density at radius 3 is 2.41 bits per heavy atom. The van der Waals surface area contributed by atoms with Crippen LogP contribution in [0.5, 0.6) is 0 Å². The maximum absolute atomic E-state index is 2.25. The van der Waals surface area contributed by atoms with Crippen molar-refractivity contribution in [2.45, 2.75) is 6.92 Å². The molecule has 1 aromatic carbocycles. The molecular formula is C14H13BrN2. The van der Waals surface area contributed by atoms with Crippen LogP contribution in [-0.4, -0.2) is 4.57 Å². The summed E-state index contributed by atoms with van der Waals surface area (Å²) in [6.45, 7) is 2.12. The molecule has 0 N–H and O–H groups in total. The lowest BCUT2D eigenvalue weighted by Gasteiger charge is -1.98. The standard InChI is InChI=1S/C14H13N2.BrH/c1-12-11-15-10-6-5-9-14(15)16(12)13-7-3-2-4-8-13;/h2-11H,1H3;1H/q+1;/p-1. The number of rotatable bonds is 1. The average molecular weight is 289 g/mol. The number of hydrogen-bond donors (Lipinski definition) is 0. The molecule has 0 saturated carbocycles. The molecule has 0 saturated heterocycles. The van der Waals surface area contributed by atoms with Crippen LogP contribution in [0.2, 0.25) is 0 Å². The molecule has 2 heterocycles. The topological polar surface area (TPSA) is 9.03 Å². The molecule has 0 spiro atoms. The molecule has 0 atom stereocenters. The van der Waals surface area contributed by atoms with E-state index in [-0.39, 0.29) is 17.0 Å². The molecule has 3 heteroatoms. The van der Waals surface area contributed by atoms with Crippen LogP contribution in [-0.2, 0) is 0 Å². The highest BCUT2D eigenvalue weighted by atomic mass is 79.9. The zero-order valence-electron chi connectivity index (χ0n) is 9.55. The van der Waals surface area contributed by atoms with Gasteiger partial charge in [-0.3, -0.25) is 0 Å². The van der Waals surface area contributed by atoms with Gasteiger partial charge >= 0.3 is 0 Å². The van der Waals surface area contributed by atoms with Crippen molar-refractivity contribution >= 4 is 5.65 Å². The van der Waals surface area contributed by atoms with Crippen molar-refractivity contribution in [1.82, 2.24) is 4.57 Å². The summed E-state index contributed by atoms with van der Waals surface area (Å²) in [5, 5.41) is 0. The maximum Gasteiger partial charge on any atom is 0.291 e. The first-order chi connectivity index (χ1) is 7.86. The molecular weight excluding hydrogens is 276 g/mol. The van der Waals surface area contributed by atoms with E-state index in [2.05, 4.69) is 64.7 Å². The normalized spacial score (nSPS) is 10.2. The number of aromatic nitrogens is 2. The SMILES string of the molecule is Cc1c[n+]2ccccc2n1-c1ccccc1.[Br-]. The second-order valence-corrected chi connectivity index (χ2v) is 3.91. The number of pyridine rings is 1. The quantitative estimate of drug-likeness (QED) is 0.536. The molecule has 0 radical (unpaired) electrons. The molecule has 0 amide bonds. The highest BCUT2D eigenvalue weighted by Crippen LogP contribution is 2.13. The smallest absolute Gasteiger partial charge is 0.291 e. The predicted molar refractivity (Wildman–Crippen MR) is 63.7 cm³/mol. The summed E-state index contributed by atoms with van der Waals surface area (Å²) in [5.74, 6) is 0. The van der Waals surface area contributed by atoms with Gasteiger partial charge in [0.15, 0.2) is 0 Å². The Labute approximate surface area is 111 Å². The first-order valence-corrected chi connectivity index (χ1v) is 5.40. The van der Waals surface area contributed by atoms with Gasteiger partial charge in [0.1, 0.15) is 17.6 Å². The van der Waals surface area contributed by atoms with Crippen LogP contribution in [0.1, 0.15) is 5.69 Å². The average Bonchev–Trinajstić information content (AvgIpc) is 2.66. The van der Waals surface area contributed by atoms with Gasteiger partial charge in [0.05, 0.1) is 6.20 Å². The maximum atomic E-state index is 2.25. The lowest BCUT2D eigenvalue weighted by molar-refractivity contribution is -0.510. The molecule has 0 bridgehead atoms. The third-order valence-corrected chi connectivity index (χ3v) is 2.79. The number of hydrogen-bond acceptors (Lipinski definition) is 0. The minimum atomic E-state index is 0. The van der Waals surface area contributed by atoms with Crippen molar-refractivity contribution in [3.8, 4) is 5.69 Å². The lowest BCUT2D eigenvalue weighted by Crippen LogP contribution is -3.00. The van der Waals surface area contributed by atoms with E-state index in [0.717, 1.165) is 0 Å². The van der Waals surface area contributed by atoms with Crippen LogP contribution in [0.4, 0.5) is 0 Å². The van der Waals surface area contributed by atoms with Crippen molar-refractivity contribution in [1.29, 1.82) is 0 Å². The number of imidazole rings is 1. The van der Waals surface area contributed by atoms with E-state index in [1.807, 2.05) is 12.1 Å². The van der Waals surface area contributed by atoms with Crippen LogP contribution >= 0.6 is 0 Å². The summed E-state index contributed by atoms with van der Waals surface area (Å²) in [6.07, 6.45) is 4.21. The van der Waals surface area contributed by atoms with Crippen molar-refractivity contribution in [2.24, 2.45) is 0 Å². The molecule has 3 aromatic rings. The van der Waals surface area contributed by atoms with E-state index in [1.165, 1.54) is 17.0 Å². The molecule has 0 aliphatic carbocycles. The van der Waals surface area contributed by atoms with Crippen molar-refractivity contribution in [2.75, 3.05) is 0 Å². The van der Waals surface area contributed by atoms with E-state index in [9.17, 15) is 0 Å². The van der Waals surface area contributed by atoms with Crippen LogP contribution < -0.4 is 21.4 Å². The first kappa shape index (κ1) is 11.9. The van der Waals surface area contributed by atoms with Gasteiger partial charge < -0.3 is 17.0 Å². The molecule has 0 fully saturated rings. The van der Waals surface area contributed by atoms with Crippen LogP contribution in [0, 0.1) is 6.92 Å². The van der Waals surface area contributed by atoms with Gasteiger partial charge in [0.2, 0.25) is 0 Å². The van der Waals surface area contributed by atoms with Gasteiger partial charge in [-0.25, -0.2) is 4.40 Å². The third kappa shape index (κ3) is 1.98. The summed E-state index contributed by atoms with van der Waals surface area (Å²) in [4.78, 5) is 0. The summed E-state index contributed by atoms with van der Waals surface area (Å²) < 4.78 is 4.39. The highest BCUT2D eigenvalue weighted by Gasteiger charge is 2.14. The highest BCUT2D eigenvalue weighted by molar-refractivity contribution is 5.45. The van der Waals surface area contributed by atoms with Crippen molar-refractivity contribution in [3.63, 3.8) is 0 Å². The molecule has 2 aromatic heterocycles. The Bertz CT molecular complexity index is 629. The molecule has 17 heavy (non-hydrogen) atoms. The monoisotopic (exact) mass is 288 g/mol. The van der Waals surface area contributed by atoms with Gasteiger partial charge in [-0.15, -0.1) is 0 Å². The molecule has 0 unspecified atom stereocenters. The lowest BCUT2D eigenvalue weighted by atomic mass is 10.3. The minimum Gasteiger partial charge on any atom is -1.00 e. The van der Waals surface area contributed by atoms with Gasteiger partial charge in [-0.05, 0) is 18.2 Å². The molecule has 2 nitrogen and oxygen atoms in total. The summed E-state index contributed by atoms with van der Waals surface area (Å²) in [6, 6.07) is 16.6. The second-order valence-electron chi connectivity index (χ2n) is 3.91. The zero-order valence-corrected chi connectivity index (χ0v) is 11.1. The summed E-state index contributed by atoms with van der Waals surface area (Å²) in [7, 11) is 0. The van der Waals surface area contributed by atoms with E-state index in [0.29, 0.717) is 0 Å². The van der Waals surface area contributed by atoms with E-state index in [4.69, 9.17) is 0 Å². The van der Waals surface area contributed by atoms with Gasteiger partial charge in [-0.2, -0.15) is 4.57 Å². The number of fused-ring (bicyclic) bond motifs is 1. The molecule has 86 valence electrons. The fourth-order valence-electron chi connectivity index (χ4n) is 2.10. The van der Waals surface area contributed by atoms with E-state index in [1.54, 1.807) is 0 Å². The number of halogens is 1. The Balaban J connectivity index is 0.00000108. The third-order valence-electron chi connectivity index (χ3n) is 2.79. The van der Waals surface area contributed by atoms with E-state index < -0.39 is 0 Å². The van der Waals surface area contributed by atoms with Crippen LogP contribution in [0.25, 0.3) is 11.3 Å². The first-order valence-electron chi connectivity index (χ1n) is 5.40. The zero-order chi connectivity index (χ0) is 11.0. The summed E-state index contributed by atoms with van der Waals surface area (Å²) in [5.41, 5.74) is 3.62. The largest absolute Gasteiger partial charge is 1.00 e. The molecule has 0 aliphatic heterocycles. The fraction of sp³-hybridized carbons (Fsp3) is 0.0714. The van der Waals surface area contributed by atoms with E-state index >= 15 is 0 Å². The number of benzene rings is 1. The number of aryl methyl sites for hydroxylation is 1. The van der Waals surface area contributed by atoms with Crippen molar-refractivity contribution < 1.29 is 21.4 Å². The van der Waals surface area contributed by atoms with Crippen LogP contribution in [0.3, 0.4) is 0 Å². The Morgan fingerprint density at radius 1 is 0.941 bits per heavy atom. The second kappa shape index (κ2) is 4.72. The Morgan fingerprint density at radius 2 is 1.65 bits per heavy atom. The number of nitrogens with zero attached hydrogens (tertiary/aromatic N) is 2. The number of para-hydroxylation sites is 1. The fourth-order valence-corrected chi connectivity index (χ4v) is 2.10. The van der Waals surface area contributed by atoms with Gasteiger partial charge in [0, 0.05) is 13.0 Å². The van der Waals surface area contributed by atoms with Crippen molar-refractivity contribution in [3.05, 3.63) is 66.6 Å². The Kier molecular flexibility index (Phi) is 3.29. The Hall–Kier alpha value is -1.61. The van der Waals surface area contributed by atoms with Gasteiger partial charge in [-0.1, -0.05) is 24.3 Å². The van der Waals surface area contributed by atoms with Crippen LogP contribution in [0.15, 0.2) is 60.9 Å². The predicted octanol–water partition coefficient (Wildman–Crippen LogP) is -0.472.